The molecule has 0 radical (unpaired) electrons. The normalized spacial score (nSPS) is 10.4. The monoisotopic (exact) mass is 264 g/mol. The largest absolute Gasteiger partial charge is 0.495 e. The standard InChI is InChI=1S/C13H13ClN2O2/c1-7-8(2)13(17)16-15-12(7)9-4-5-10(14)11(6-9)18-3/h4-6H,1-3H3,(H,16,17). The number of hydrogen-bond acceptors (Lipinski definition) is 3. The highest BCUT2D eigenvalue weighted by atomic mass is 35.5. The first-order valence-electron chi connectivity index (χ1n) is 5.44. The van der Waals surface area contributed by atoms with E-state index < -0.39 is 0 Å². The van der Waals surface area contributed by atoms with Crippen molar-refractivity contribution in [2.24, 2.45) is 0 Å². The van der Waals surface area contributed by atoms with E-state index >= 15 is 0 Å². The molecule has 1 aromatic carbocycles. The Balaban J connectivity index is 2.62. The second kappa shape index (κ2) is 4.82. The quantitative estimate of drug-likeness (QED) is 0.907. The maximum Gasteiger partial charge on any atom is 0.267 e. The maximum absolute atomic E-state index is 11.4. The molecule has 94 valence electrons. The van der Waals surface area contributed by atoms with Gasteiger partial charge >= 0.3 is 0 Å². The zero-order chi connectivity index (χ0) is 13.3. The highest BCUT2D eigenvalue weighted by Crippen LogP contribution is 2.30. The topological polar surface area (TPSA) is 55.0 Å². The van der Waals surface area contributed by atoms with E-state index in [1.807, 2.05) is 13.0 Å². The Hall–Kier alpha value is -1.81. The third kappa shape index (κ3) is 2.11. The van der Waals surface area contributed by atoms with Crippen LogP contribution in [0, 0.1) is 13.8 Å². The summed E-state index contributed by atoms with van der Waals surface area (Å²) >= 11 is 5.98. The van der Waals surface area contributed by atoms with Crippen LogP contribution in [0.1, 0.15) is 11.1 Å². The highest BCUT2D eigenvalue weighted by molar-refractivity contribution is 6.32. The van der Waals surface area contributed by atoms with Gasteiger partial charge in [-0.25, -0.2) is 5.10 Å². The number of methoxy groups -OCH3 is 1. The number of ether oxygens (including phenoxy) is 1. The average molecular weight is 265 g/mol. The molecule has 0 bridgehead atoms. The van der Waals surface area contributed by atoms with Crippen molar-refractivity contribution >= 4 is 11.6 Å². The molecule has 4 nitrogen and oxygen atoms in total. The minimum absolute atomic E-state index is 0.169. The van der Waals surface area contributed by atoms with Crippen LogP contribution in [0.15, 0.2) is 23.0 Å². The zero-order valence-corrected chi connectivity index (χ0v) is 11.1. The van der Waals surface area contributed by atoms with Gasteiger partial charge in [0.05, 0.1) is 17.8 Å². The summed E-state index contributed by atoms with van der Waals surface area (Å²) in [5.41, 5.74) is 2.92. The first-order valence-corrected chi connectivity index (χ1v) is 5.82. The van der Waals surface area contributed by atoms with Crippen molar-refractivity contribution in [1.82, 2.24) is 10.2 Å². The van der Waals surface area contributed by atoms with E-state index in [0.29, 0.717) is 16.3 Å². The Kier molecular flexibility index (Phi) is 3.39. The van der Waals surface area contributed by atoms with Crippen molar-refractivity contribution in [3.63, 3.8) is 0 Å². The molecular formula is C13H13ClN2O2. The lowest BCUT2D eigenvalue weighted by atomic mass is 10.0. The molecule has 1 heterocycles. The number of H-pyrrole nitrogens is 1. The Labute approximate surface area is 110 Å². The fourth-order valence-corrected chi connectivity index (χ4v) is 1.91. The molecular weight excluding hydrogens is 252 g/mol. The van der Waals surface area contributed by atoms with Crippen LogP contribution in [0.25, 0.3) is 11.3 Å². The minimum atomic E-state index is -0.169. The van der Waals surface area contributed by atoms with Gasteiger partial charge in [-0.05, 0) is 31.5 Å². The molecule has 1 aromatic heterocycles. The van der Waals surface area contributed by atoms with Gasteiger partial charge in [-0.15, -0.1) is 0 Å². The lowest BCUT2D eigenvalue weighted by Crippen LogP contribution is -2.14. The number of halogens is 1. The molecule has 0 saturated carbocycles. The predicted molar refractivity (Wildman–Crippen MR) is 71.3 cm³/mol. The van der Waals surface area contributed by atoms with Crippen molar-refractivity contribution in [3.8, 4) is 17.0 Å². The van der Waals surface area contributed by atoms with E-state index in [2.05, 4.69) is 10.2 Å². The third-order valence-electron chi connectivity index (χ3n) is 2.95. The van der Waals surface area contributed by atoms with Crippen molar-refractivity contribution in [1.29, 1.82) is 0 Å². The Morgan fingerprint density at radius 2 is 2.00 bits per heavy atom. The number of nitrogens with one attached hydrogen (secondary N) is 1. The number of hydrogen-bond donors (Lipinski definition) is 1. The second-order valence-electron chi connectivity index (χ2n) is 4.00. The van der Waals surface area contributed by atoms with Gasteiger partial charge in [-0.3, -0.25) is 4.79 Å². The Bertz CT molecular complexity index is 650. The maximum atomic E-state index is 11.4. The van der Waals surface area contributed by atoms with Crippen molar-refractivity contribution < 1.29 is 4.74 Å². The lowest BCUT2D eigenvalue weighted by Gasteiger charge is -2.09. The molecule has 5 heteroatoms. The van der Waals surface area contributed by atoms with E-state index in [-0.39, 0.29) is 5.56 Å². The van der Waals surface area contributed by atoms with Crippen LogP contribution < -0.4 is 10.3 Å². The van der Waals surface area contributed by atoms with Crippen molar-refractivity contribution in [2.45, 2.75) is 13.8 Å². The summed E-state index contributed by atoms with van der Waals surface area (Å²) in [5.74, 6) is 0.583. The zero-order valence-electron chi connectivity index (χ0n) is 10.4. The van der Waals surface area contributed by atoms with Crippen LogP contribution in [-0.4, -0.2) is 17.3 Å². The number of aromatic nitrogens is 2. The summed E-state index contributed by atoms with van der Waals surface area (Å²) in [4.78, 5) is 11.4. The summed E-state index contributed by atoms with van der Waals surface area (Å²) in [6, 6.07) is 5.39. The van der Waals surface area contributed by atoms with Crippen LogP contribution in [0.2, 0.25) is 5.02 Å². The van der Waals surface area contributed by atoms with Crippen molar-refractivity contribution in [2.75, 3.05) is 7.11 Å². The molecule has 0 amide bonds. The summed E-state index contributed by atoms with van der Waals surface area (Å²) in [7, 11) is 1.56. The first kappa shape index (κ1) is 12.6. The molecule has 0 aliphatic heterocycles. The molecule has 2 rings (SSSR count). The van der Waals surface area contributed by atoms with Crippen LogP contribution in [-0.2, 0) is 0 Å². The van der Waals surface area contributed by atoms with E-state index in [1.54, 1.807) is 26.2 Å². The Morgan fingerprint density at radius 3 is 2.67 bits per heavy atom. The van der Waals surface area contributed by atoms with Gasteiger partial charge in [0.25, 0.3) is 5.56 Å². The fourth-order valence-electron chi connectivity index (χ4n) is 1.71. The third-order valence-corrected chi connectivity index (χ3v) is 3.26. The molecule has 0 spiro atoms. The smallest absolute Gasteiger partial charge is 0.267 e. The summed E-state index contributed by atoms with van der Waals surface area (Å²) < 4.78 is 5.17. The summed E-state index contributed by atoms with van der Waals surface area (Å²) in [5, 5.41) is 7.10. The van der Waals surface area contributed by atoms with E-state index in [1.165, 1.54) is 0 Å². The van der Waals surface area contributed by atoms with Gasteiger partial charge in [0.1, 0.15) is 5.75 Å². The van der Waals surface area contributed by atoms with E-state index in [9.17, 15) is 4.79 Å². The molecule has 18 heavy (non-hydrogen) atoms. The molecule has 1 N–H and O–H groups in total. The fraction of sp³-hybridized carbons (Fsp3) is 0.231. The number of nitrogens with zero attached hydrogens (tertiary/aromatic N) is 1. The first-order chi connectivity index (χ1) is 8.54. The molecule has 0 unspecified atom stereocenters. The van der Waals surface area contributed by atoms with Crippen molar-refractivity contribution in [3.05, 3.63) is 44.7 Å². The molecule has 0 aliphatic rings. The van der Waals surface area contributed by atoms with Gasteiger partial charge in [0.2, 0.25) is 0 Å². The highest BCUT2D eigenvalue weighted by Gasteiger charge is 2.11. The summed E-state index contributed by atoms with van der Waals surface area (Å²) in [6.45, 7) is 3.64. The molecule has 0 atom stereocenters. The molecule has 2 aromatic rings. The molecule has 0 fully saturated rings. The van der Waals surface area contributed by atoms with E-state index in [4.69, 9.17) is 16.3 Å². The van der Waals surface area contributed by atoms with E-state index in [0.717, 1.165) is 16.8 Å². The van der Waals surface area contributed by atoms with Gasteiger partial charge in [-0.2, -0.15) is 5.10 Å². The number of aromatic amines is 1. The SMILES string of the molecule is COc1cc(-c2n[nH]c(=O)c(C)c2C)ccc1Cl. The van der Waals surface area contributed by atoms with Gasteiger partial charge in [0, 0.05) is 11.1 Å². The van der Waals surface area contributed by atoms with Crippen LogP contribution in [0.3, 0.4) is 0 Å². The van der Waals surface area contributed by atoms with Crippen LogP contribution in [0.4, 0.5) is 0 Å². The number of rotatable bonds is 2. The second-order valence-corrected chi connectivity index (χ2v) is 4.41. The Morgan fingerprint density at radius 1 is 1.28 bits per heavy atom. The lowest BCUT2D eigenvalue weighted by molar-refractivity contribution is 0.415. The summed E-state index contributed by atoms with van der Waals surface area (Å²) in [6.07, 6.45) is 0. The van der Waals surface area contributed by atoms with Gasteiger partial charge < -0.3 is 4.74 Å². The number of benzene rings is 1. The van der Waals surface area contributed by atoms with Gasteiger partial charge in [0.15, 0.2) is 0 Å². The van der Waals surface area contributed by atoms with Crippen LogP contribution in [0.5, 0.6) is 5.75 Å². The molecule has 0 aliphatic carbocycles. The van der Waals surface area contributed by atoms with Gasteiger partial charge in [-0.1, -0.05) is 17.7 Å². The molecule has 0 saturated heterocycles. The van der Waals surface area contributed by atoms with Crippen LogP contribution >= 0.6 is 11.6 Å². The minimum Gasteiger partial charge on any atom is -0.495 e. The average Bonchev–Trinajstić information content (AvgIpc) is 2.37. The predicted octanol–water partition coefficient (Wildman–Crippen LogP) is 2.72.